The quantitative estimate of drug-likeness (QED) is 0.154. The lowest BCUT2D eigenvalue weighted by molar-refractivity contribution is -0.222. The second-order valence-electron chi connectivity index (χ2n) is 22.0. The Labute approximate surface area is 413 Å². The summed E-state index contributed by atoms with van der Waals surface area (Å²) in [6.45, 7) is 23.8. The molecule has 11 nitrogen and oxygen atoms in total. The minimum Gasteiger partial charge on any atom is -0.399 e. The Hall–Kier alpha value is -3.67. The van der Waals surface area contributed by atoms with Gasteiger partial charge in [-0.15, -0.1) is 0 Å². The van der Waals surface area contributed by atoms with Crippen LogP contribution in [0.2, 0.25) is 10.1 Å². The third kappa shape index (κ3) is 9.72. The van der Waals surface area contributed by atoms with Crippen LogP contribution in [0.25, 0.3) is 0 Å². The second-order valence-corrected chi connectivity index (χ2v) is 30.5. The molecule has 4 aromatic rings. The van der Waals surface area contributed by atoms with E-state index in [2.05, 4.69) is 158 Å². The summed E-state index contributed by atoms with van der Waals surface area (Å²) in [6.07, 6.45) is 1.20. The third-order valence-electron chi connectivity index (χ3n) is 14.8. The minimum absolute atomic E-state index is 0. The van der Waals surface area contributed by atoms with Crippen LogP contribution < -0.4 is 20.7 Å². The van der Waals surface area contributed by atoms with E-state index in [0.29, 0.717) is 5.92 Å². The van der Waals surface area contributed by atoms with Crippen molar-refractivity contribution in [2.75, 3.05) is 6.61 Å². The van der Waals surface area contributed by atoms with Crippen molar-refractivity contribution in [3.63, 3.8) is 0 Å². The first kappa shape index (κ1) is 54.7. The fraction of sp³-hybridized carbons (Fsp3) is 0.554. The van der Waals surface area contributed by atoms with Crippen molar-refractivity contribution >= 4 is 43.5 Å². The largest absolute Gasteiger partial charge is 0.399 e. The first-order valence-corrected chi connectivity index (χ1v) is 27.7. The maximum Gasteiger partial charge on any atom is 0.373 e. The van der Waals surface area contributed by atoms with Crippen LogP contribution in [-0.4, -0.2) is 94.3 Å². The van der Waals surface area contributed by atoms with Crippen molar-refractivity contribution in [3.8, 4) is 0 Å². The summed E-state index contributed by atoms with van der Waals surface area (Å²) in [5.74, 6) is -0.882. The highest BCUT2D eigenvalue weighted by atomic mass is 28.4. The summed E-state index contributed by atoms with van der Waals surface area (Å²) in [4.78, 5) is 16.2. The van der Waals surface area contributed by atoms with Crippen LogP contribution in [-0.2, 0) is 46.9 Å². The van der Waals surface area contributed by atoms with E-state index >= 15 is 0 Å². The average Bonchev–Trinajstić information content (AvgIpc) is 4.04. The van der Waals surface area contributed by atoms with Gasteiger partial charge >= 0.3 is 6.15 Å². The SMILES string of the molecule is C.C.CC1(C)O[C@H]2O[C@@]3(C[C@@H]3CO)C(O[Si](c3ccccc3)(c3ccccc3)C(C)(C)C)[C@@H]2O1.CC[C@H]1C[C@@]12O[C@@H]1OC(C)(C)O[C@H]1C2O[Si](c1ccccc1)(c1ccccc1)C(C)(C)C.O=C=O. The van der Waals surface area contributed by atoms with E-state index in [-0.39, 0.29) is 79.9 Å². The molecule has 69 heavy (non-hydrogen) atoms. The Morgan fingerprint density at radius 2 is 0.826 bits per heavy atom. The molecule has 10 atom stereocenters. The molecule has 376 valence electrons. The van der Waals surface area contributed by atoms with Crippen LogP contribution >= 0.6 is 0 Å². The van der Waals surface area contributed by atoms with Crippen molar-refractivity contribution in [1.82, 2.24) is 0 Å². The van der Waals surface area contributed by atoms with Gasteiger partial charge in [-0.2, -0.15) is 9.59 Å². The lowest BCUT2D eigenvalue weighted by Crippen LogP contribution is -2.69. The molecule has 10 rings (SSSR count). The van der Waals surface area contributed by atoms with Gasteiger partial charge in [-0.3, -0.25) is 0 Å². The van der Waals surface area contributed by atoms with Crippen LogP contribution in [0.1, 0.15) is 110 Å². The van der Waals surface area contributed by atoms with Gasteiger partial charge in [-0.25, -0.2) is 0 Å². The summed E-state index contributed by atoms with van der Waals surface area (Å²) in [5.41, 5.74) is -0.874. The van der Waals surface area contributed by atoms with Gasteiger partial charge in [0.2, 0.25) is 0 Å². The molecule has 4 aromatic carbocycles. The van der Waals surface area contributed by atoms with Crippen molar-refractivity contribution < 1.29 is 52.0 Å². The van der Waals surface area contributed by atoms with E-state index in [1.54, 1.807) is 0 Å². The fourth-order valence-electron chi connectivity index (χ4n) is 11.7. The monoisotopic (exact) mass is 983 g/mol. The Kier molecular flexibility index (Phi) is 15.9. The predicted molar refractivity (Wildman–Crippen MR) is 272 cm³/mol. The summed E-state index contributed by atoms with van der Waals surface area (Å²) < 4.78 is 53.1. The highest BCUT2D eigenvalue weighted by molar-refractivity contribution is 7.00. The Morgan fingerprint density at radius 1 is 0.536 bits per heavy atom. The fourth-order valence-corrected chi connectivity index (χ4v) is 21.1. The van der Waals surface area contributed by atoms with Crippen molar-refractivity contribution in [3.05, 3.63) is 121 Å². The van der Waals surface area contributed by atoms with E-state index in [4.69, 9.17) is 46.9 Å². The molecule has 0 radical (unpaired) electrons. The first-order valence-electron chi connectivity index (χ1n) is 23.9. The van der Waals surface area contributed by atoms with E-state index in [0.717, 1.165) is 19.3 Å². The van der Waals surface area contributed by atoms with Gasteiger partial charge in [-0.05, 0) is 77.3 Å². The molecule has 1 N–H and O–H groups in total. The van der Waals surface area contributed by atoms with E-state index in [1.807, 2.05) is 39.8 Å². The molecular formula is C56H78O11Si2. The average molecular weight is 983 g/mol. The number of benzene rings is 4. The number of ether oxygens (including phenoxy) is 6. The second kappa shape index (κ2) is 20.1. The Balaban J connectivity index is 0.000000209. The highest BCUT2D eigenvalue weighted by Gasteiger charge is 2.75. The lowest BCUT2D eigenvalue weighted by Gasteiger charge is -2.46. The molecule has 2 spiro atoms. The van der Waals surface area contributed by atoms with Crippen LogP contribution in [0.3, 0.4) is 0 Å². The number of rotatable bonds is 10. The predicted octanol–water partition coefficient (Wildman–Crippen LogP) is 8.49. The molecule has 2 aliphatic carbocycles. The lowest BCUT2D eigenvalue weighted by atomic mass is 10.1. The van der Waals surface area contributed by atoms with Crippen molar-refractivity contribution in [1.29, 1.82) is 0 Å². The highest BCUT2D eigenvalue weighted by Crippen LogP contribution is 2.62. The van der Waals surface area contributed by atoms with E-state index in [1.165, 1.54) is 20.7 Å². The van der Waals surface area contributed by atoms with Gasteiger partial charge in [0.25, 0.3) is 16.6 Å². The van der Waals surface area contributed by atoms with Crippen LogP contribution in [0.5, 0.6) is 0 Å². The first-order chi connectivity index (χ1) is 31.7. The normalized spacial score (nSPS) is 31.1. The number of aliphatic hydroxyl groups excluding tert-OH is 1. The molecule has 6 aliphatic rings. The molecule has 0 aromatic heterocycles. The zero-order valence-corrected chi connectivity index (χ0v) is 43.0. The molecule has 6 fully saturated rings. The molecule has 4 heterocycles. The Bertz CT molecular complexity index is 2090. The zero-order valence-electron chi connectivity index (χ0n) is 41.0. The van der Waals surface area contributed by atoms with Crippen LogP contribution in [0.4, 0.5) is 0 Å². The molecule has 2 saturated carbocycles. The maximum absolute atomic E-state index is 10.0. The van der Waals surface area contributed by atoms with Gasteiger partial charge in [0.15, 0.2) is 24.2 Å². The van der Waals surface area contributed by atoms with Gasteiger partial charge < -0.3 is 42.4 Å². The summed E-state index contributed by atoms with van der Waals surface area (Å²) in [5, 5.41) is 14.7. The summed E-state index contributed by atoms with van der Waals surface area (Å²) >= 11 is 0. The summed E-state index contributed by atoms with van der Waals surface area (Å²) in [7, 11) is -5.54. The molecule has 2 unspecified atom stereocenters. The van der Waals surface area contributed by atoms with Crippen LogP contribution in [0, 0.1) is 11.8 Å². The molecule has 4 aliphatic heterocycles. The molecule has 0 bridgehead atoms. The van der Waals surface area contributed by atoms with Crippen molar-refractivity contribution in [2.45, 2.75) is 180 Å². The number of carbonyl (C=O) groups excluding carboxylic acids is 2. The molecular weight excluding hydrogens is 905 g/mol. The van der Waals surface area contributed by atoms with E-state index < -0.39 is 40.1 Å². The standard InChI is InChI=1S/C27H36O4Si.C26H34O5Si.CO2.2CH4/c1-7-19-18-27(19)23(22-24(30-27)29-26(5,6)28-22)31-32(25(2,3)4,20-14-10-8-11-15-20)21-16-12-9-13-17-21;1-24(2,3)32(19-12-8-6-9-13-19,20-14-10-7-11-15-20)31-22-21-23(29-25(4,5)28-21)30-26(22)16-18(26)17-27;2-1-3;;/h8-17,19,22-24H,7,18H2,1-6H3;6-15,18,21-23,27H,16-17H2,1-5H3;;2*1H4/t19-,22-,23?,24-,27+;18-,21+,22?,23+,26-;;;/m01.../s1. The zero-order chi connectivity index (χ0) is 48.3. The number of hydrogen-bond donors (Lipinski definition) is 1. The number of fused-ring (bicyclic) bond motifs is 2. The smallest absolute Gasteiger partial charge is 0.373 e. The topological polar surface area (TPSA) is 128 Å². The maximum atomic E-state index is 10.0. The van der Waals surface area contributed by atoms with Gasteiger partial charge in [0, 0.05) is 12.5 Å². The van der Waals surface area contributed by atoms with Gasteiger partial charge in [-0.1, -0.05) is 191 Å². The van der Waals surface area contributed by atoms with Crippen molar-refractivity contribution in [2.24, 2.45) is 11.8 Å². The molecule has 4 saturated heterocycles. The van der Waals surface area contributed by atoms with E-state index in [9.17, 15) is 5.11 Å². The number of aliphatic hydroxyl groups is 1. The van der Waals surface area contributed by atoms with Gasteiger partial charge in [0.1, 0.15) is 35.6 Å². The van der Waals surface area contributed by atoms with Crippen LogP contribution in [0.15, 0.2) is 121 Å². The Morgan fingerprint density at radius 3 is 1.07 bits per heavy atom. The minimum atomic E-state index is -2.81. The third-order valence-corrected chi connectivity index (χ3v) is 24.8. The molecule has 0 amide bonds. The summed E-state index contributed by atoms with van der Waals surface area (Å²) in [6, 6.07) is 42.8. The number of hydrogen-bond acceptors (Lipinski definition) is 11. The molecule has 13 heteroatoms. The van der Waals surface area contributed by atoms with Gasteiger partial charge in [0.05, 0.1) is 0 Å².